The van der Waals surface area contributed by atoms with Crippen molar-refractivity contribution in [3.05, 3.63) is 105 Å². The van der Waals surface area contributed by atoms with Crippen LogP contribution in [-0.2, 0) is 9.59 Å². The number of aryl methyl sites for hydroxylation is 1. The number of nitrogens with zero attached hydrogens (tertiary/aromatic N) is 1. The van der Waals surface area contributed by atoms with Crippen LogP contribution in [0.5, 0.6) is 0 Å². The molecule has 1 fully saturated rings. The van der Waals surface area contributed by atoms with E-state index < -0.39 is 17.7 Å². The van der Waals surface area contributed by atoms with Crippen LogP contribution < -0.4 is 4.90 Å². The molecule has 1 atom stereocenters. The van der Waals surface area contributed by atoms with Gasteiger partial charge < -0.3 is 10.1 Å². The zero-order chi connectivity index (χ0) is 23.3. The quantitative estimate of drug-likeness (QED) is 0.183. The number of amides is 1. The maximum atomic E-state index is 13.3. The van der Waals surface area contributed by atoms with E-state index in [4.69, 9.17) is 11.6 Å². The first-order chi connectivity index (χ1) is 15.9. The lowest BCUT2D eigenvalue weighted by atomic mass is 9.93. The maximum absolute atomic E-state index is 13.3. The molecule has 1 aliphatic heterocycles. The van der Waals surface area contributed by atoms with Gasteiger partial charge in [0.2, 0.25) is 0 Å². The molecule has 1 aliphatic rings. The number of carbonyl (C=O) groups is 2. The fourth-order valence-electron chi connectivity index (χ4n) is 4.39. The van der Waals surface area contributed by atoms with Gasteiger partial charge in [0.05, 0.1) is 11.6 Å². The summed E-state index contributed by atoms with van der Waals surface area (Å²) in [5.74, 6) is -1.65. The van der Waals surface area contributed by atoms with Crippen LogP contribution in [0.4, 0.5) is 5.69 Å². The van der Waals surface area contributed by atoms with E-state index >= 15 is 0 Å². The van der Waals surface area contributed by atoms with Crippen LogP contribution in [0.2, 0.25) is 5.02 Å². The van der Waals surface area contributed by atoms with Crippen LogP contribution in [0.3, 0.4) is 0 Å². The van der Waals surface area contributed by atoms with Crippen molar-refractivity contribution < 1.29 is 14.7 Å². The molecule has 164 valence electrons. The predicted octanol–water partition coefficient (Wildman–Crippen LogP) is 6.52. The SMILES string of the molecule is Cc1[nH]c2ccccc2c1C1/C(=C(\O)c2ccc(Br)cc2)C(=O)C(=O)N1c1ccc(Cl)cc1. The molecule has 1 saturated heterocycles. The topological polar surface area (TPSA) is 73.4 Å². The molecule has 5 nitrogen and oxygen atoms in total. The molecule has 4 aromatic rings. The highest BCUT2D eigenvalue weighted by Gasteiger charge is 2.48. The number of rotatable bonds is 3. The first kappa shape index (κ1) is 21.5. The van der Waals surface area contributed by atoms with Gasteiger partial charge in [-0.2, -0.15) is 0 Å². The number of H-pyrrole nitrogens is 1. The summed E-state index contributed by atoms with van der Waals surface area (Å²) in [5.41, 5.74) is 3.48. The van der Waals surface area contributed by atoms with E-state index in [1.54, 1.807) is 48.5 Å². The molecule has 2 N–H and O–H groups in total. The Morgan fingerprint density at radius 1 is 1.00 bits per heavy atom. The Hall–Kier alpha value is -3.35. The standard InChI is InChI=1S/C26H18BrClN2O3/c1-14-21(19-4-2-3-5-20(19)29-14)23-22(24(31)15-6-8-16(27)9-7-15)25(32)26(33)30(23)18-12-10-17(28)11-13-18/h2-13,23,29,31H,1H3/b24-22+. The second-order valence-electron chi connectivity index (χ2n) is 7.86. The van der Waals surface area contributed by atoms with Crippen LogP contribution in [-0.4, -0.2) is 21.8 Å². The van der Waals surface area contributed by atoms with Crippen molar-refractivity contribution in [2.75, 3.05) is 4.90 Å². The average Bonchev–Trinajstić information content (AvgIpc) is 3.27. The Bertz CT molecular complexity index is 1440. The molecular weight excluding hydrogens is 504 g/mol. The van der Waals surface area contributed by atoms with Gasteiger partial charge in [-0.1, -0.05) is 57.9 Å². The number of benzene rings is 3. The van der Waals surface area contributed by atoms with Crippen LogP contribution in [0.25, 0.3) is 16.7 Å². The Morgan fingerprint density at radius 2 is 1.67 bits per heavy atom. The highest BCUT2D eigenvalue weighted by Crippen LogP contribution is 2.45. The molecule has 1 amide bonds. The Balaban J connectivity index is 1.81. The molecule has 3 aromatic carbocycles. The van der Waals surface area contributed by atoms with E-state index in [1.165, 1.54) is 4.90 Å². The largest absolute Gasteiger partial charge is 0.507 e. The van der Waals surface area contributed by atoms with Gasteiger partial charge >= 0.3 is 0 Å². The molecule has 2 heterocycles. The number of aromatic nitrogens is 1. The molecule has 0 aliphatic carbocycles. The number of nitrogens with one attached hydrogen (secondary N) is 1. The van der Waals surface area contributed by atoms with Crippen molar-refractivity contribution in [2.24, 2.45) is 0 Å². The van der Waals surface area contributed by atoms with Gasteiger partial charge in [0, 0.05) is 42.9 Å². The number of Topliss-reactive ketones (excluding diaryl/α,β-unsaturated/α-hetero) is 1. The molecule has 0 bridgehead atoms. The third-order valence-corrected chi connectivity index (χ3v) is 6.66. The number of hydrogen-bond donors (Lipinski definition) is 2. The Kier molecular flexibility index (Phi) is 5.35. The molecule has 1 aromatic heterocycles. The summed E-state index contributed by atoms with van der Waals surface area (Å²) in [5, 5.41) is 12.7. The van der Waals surface area contributed by atoms with Crippen molar-refractivity contribution in [2.45, 2.75) is 13.0 Å². The Labute approximate surface area is 203 Å². The first-order valence-corrected chi connectivity index (χ1v) is 11.4. The van der Waals surface area contributed by atoms with Crippen molar-refractivity contribution in [1.29, 1.82) is 0 Å². The number of fused-ring (bicyclic) bond motifs is 1. The minimum absolute atomic E-state index is 0.0464. The summed E-state index contributed by atoms with van der Waals surface area (Å²) in [7, 11) is 0. The molecule has 5 rings (SSSR count). The van der Waals surface area contributed by atoms with Crippen molar-refractivity contribution >= 4 is 61.6 Å². The van der Waals surface area contributed by atoms with Gasteiger partial charge in [-0.25, -0.2) is 0 Å². The highest BCUT2D eigenvalue weighted by atomic mass is 79.9. The number of anilines is 1. The second-order valence-corrected chi connectivity index (χ2v) is 9.21. The summed E-state index contributed by atoms with van der Waals surface area (Å²) in [6, 6.07) is 20.6. The van der Waals surface area contributed by atoms with E-state index in [-0.39, 0.29) is 11.3 Å². The second kappa shape index (κ2) is 8.21. The molecule has 0 radical (unpaired) electrons. The van der Waals surface area contributed by atoms with E-state index in [0.29, 0.717) is 16.3 Å². The van der Waals surface area contributed by atoms with Gasteiger partial charge in [-0.15, -0.1) is 0 Å². The summed E-state index contributed by atoms with van der Waals surface area (Å²) in [4.78, 5) is 31.4. The number of halogens is 2. The van der Waals surface area contributed by atoms with Gasteiger partial charge in [0.25, 0.3) is 11.7 Å². The normalized spacial score (nSPS) is 17.8. The van der Waals surface area contributed by atoms with Crippen LogP contribution >= 0.6 is 27.5 Å². The van der Waals surface area contributed by atoms with Gasteiger partial charge in [0.1, 0.15) is 5.76 Å². The van der Waals surface area contributed by atoms with Crippen LogP contribution in [0.1, 0.15) is 22.9 Å². The average molecular weight is 522 g/mol. The summed E-state index contributed by atoms with van der Waals surface area (Å²) in [6.45, 7) is 1.90. The number of carbonyl (C=O) groups excluding carboxylic acids is 2. The van der Waals surface area contributed by atoms with Gasteiger partial charge in [0.15, 0.2) is 0 Å². The van der Waals surface area contributed by atoms with E-state index in [9.17, 15) is 14.7 Å². The van der Waals surface area contributed by atoms with E-state index in [1.807, 2.05) is 31.2 Å². The van der Waals surface area contributed by atoms with Gasteiger partial charge in [-0.3, -0.25) is 14.5 Å². The number of ketones is 1. The fourth-order valence-corrected chi connectivity index (χ4v) is 4.78. The minimum atomic E-state index is -0.814. The predicted molar refractivity (Wildman–Crippen MR) is 133 cm³/mol. The number of para-hydroxylation sites is 1. The molecule has 33 heavy (non-hydrogen) atoms. The van der Waals surface area contributed by atoms with Crippen LogP contribution in [0.15, 0.2) is 82.8 Å². The monoisotopic (exact) mass is 520 g/mol. The zero-order valence-electron chi connectivity index (χ0n) is 17.5. The Morgan fingerprint density at radius 3 is 2.36 bits per heavy atom. The summed E-state index contributed by atoms with van der Waals surface area (Å²) in [6.07, 6.45) is 0. The van der Waals surface area contributed by atoms with Crippen molar-refractivity contribution in [1.82, 2.24) is 4.98 Å². The van der Waals surface area contributed by atoms with Crippen molar-refractivity contribution in [3.8, 4) is 0 Å². The highest BCUT2D eigenvalue weighted by molar-refractivity contribution is 9.10. The smallest absolute Gasteiger partial charge is 0.300 e. The first-order valence-electron chi connectivity index (χ1n) is 10.3. The summed E-state index contributed by atoms with van der Waals surface area (Å²) < 4.78 is 0.838. The number of aromatic amines is 1. The number of aliphatic hydroxyl groups excluding tert-OH is 1. The van der Waals surface area contributed by atoms with E-state index in [2.05, 4.69) is 20.9 Å². The number of aliphatic hydroxyl groups is 1. The lowest BCUT2D eigenvalue weighted by Crippen LogP contribution is -2.29. The minimum Gasteiger partial charge on any atom is -0.507 e. The molecule has 0 spiro atoms. The molecular formula is C26H18BrClN2O3. The van der Waals surface area contributed by atoms with Crippen LogP contribution in [0, 0.1) is 6.92 Å². The van der Waals surface area contributed by atoms with Crippen molar-refractivity contribution in [3.63, 3.8) is 0 Å². The van der Waals surface area contributed by atoms with Gasteiger partial charge in [-0.05, 0) is 49.4 Å². The lowest BCUT2D eigenvalue weighted by molar-refractivity contribution is -0.132. The third-order valence-electron chi connectivity index (χ3n) is 5.88. The molecule has 1 unspecified atom stereocenters. The number of hydrogen-bond acceptors (Lipinski definition) is 3. The molecule has 0 saturated carbocycles. The molecule has 7 heteroatoms. The lowest BCUT2D eigenvalue weighted by Gasteiger charge is -2.26. The zero-order valence-corrected chi connectivity index (χ0v) is 19.8. The fraction of sp³-hybridized carbons (Fsp3) is 0.0769. The third kappa shape index (κ3) is 3.56. The summed E-state index contributed by atoms with van der Waals surface area (Å²) >= 11 is 9.45. The maximum Gasteiger partial charge on any atom is 0.300 e. The van der Waals surface area contributed by atoms with E-state index in [0.717, 1.165) is 26.6 Å².